The summed E-state index contributed by atoms with van der Waals surface area (Å²) in [6, 6.07) is 12.9. The van der Waals surface area contributed by atoms with Crippen LogP contribution in [-0.2, 0) is 19.6 Å². The van der Waals surface area contributed by atoms with Crippen LogP contribution in [0.1, 0.15) is 12.0 Å². The molecule has 7 nitrogen and oxygen atoms in total. The second kappa shape index (κ2) is 8.11. The van der Waals surface area contributed by atoms with Crippen LogP contribution in [0.2, 0.25) is 5.02 Å². The van der Waals surface area contributed by atoms with Gasteiger partial charge in [-0.15, -0.1) is 0 Å². The van der Waals surface area contributed by atoms with Crippen molar-refractivity contribution in [2.24, 2.45) is 0 Å². The molecule has 0 spiro atoms. The molecule has 2 saturated heterocycles. The number of anilines is 1. The lowest BCUT2D eigenvalue weighted by Crippen LogP contribution is -2.53. The van der Waals surface area contributed by atoms with E-state index in [9.17, 15) is 18.0 Å². The molecule has 1 atom stereocenters. The zero-order valence-corrected chi connectivity index (χ0v) is 18.1. The van der Waals surface area contributed by atoms with Crippen LogP contribution in [0.3, 0.4) is 0 Å². The van der Waals surface area contributed by atoms with Gasteiger partial charge in [0.1, 0.15) is 0 Å². The molecule has 4 rings (SSSR count). The van der Waals surface area contributed by atoms with Gasteiger partial charge in [-0.05, 0) is 37.3 Å². The Morgan fingerprint density at radius 2 is 1.63 bits per heavy atom. The third kappa shape index (κ3) is 3.88. The van der Waals surface area contributed by atoms with Gasteiger partial charge >= 0.3 is 0 Å². The summed E-state index contributed by atoms with van der Waals surface area (Å²) in [5.74, 6) is -0.488. The normalized spacial score (nSPS) is 21.4. The molecule has 2 heterocycles. The molecule has 2 amide bonds. The van der Waals surface area contributed by atoms with E-state index in [-0.39, 0.29) is 36.2 Å². The number of carbonyl (C=O) groups is 2. The third-order valence-electron chi connectivity index (χ3n) is 5.56. The van der Waals surface area contributed by atoms with Gasteiger partial charge in [-0.2, -0.15) is 4.31 Å². The van der Waals surface area contributed by atoms with Crippen LogP contribution in [0.25, 0.3) is 0 Å². The van der Waals surface area contributed by atoms with Gasteiger partial charge in [0.25, 0.3) is 5.91 Å². The van der Waals surface area contributed by atoms with E-state index in [1.54, 1.807) is 24.3 Å². The summed E-state index contributed by atoms with van der Waals surface area (Å²) in [7, 11) is -3.65. The third-order valence-corrected chi connectivity index (χ3v) is 7.69. The maximum Gasteiger partial charge on any atom is 0.251 e. The van der Waals surface area contributed by atoms with Crippen molar-refractivity contribution >= 4 is 39.1 Å². The first-order valence-corrected chi connectivity index (χ1v) is 11.5. The van der Waals surface area contributed by atoms with Crippen molar-refractivity contribution in [2.45, 2.75) is 24.3 Å². The molecule has 2 aromatic carbocycles. The number of hydrogen-bond donors (Lipinski definition) is 0. The second-order valence-corrected chi connectivity index (χ2v) is 9.89. The van der Waals surface area contributed by atoms with E-state index in [1.165, 1.54) is 21.3 Å². The van der Waals surface area contributed by atoms with Crippen LogP contribution in [0.15, 0.2) is 53.4 Å². The molecule has 0 saturated carbocycles. The minimum atomic E-state index is -3.65. The molecule has 2 aliphatic heterocycles. The molecule has 158 valence electrons. The first-order valence-electron chi connectivity index (χ1n) is 9.70. The molecule has 2 fully saturated rings. The average molecular weight is 448 g/mol. The minimum absolute atomic E-state index is 0.105. The molecular formula is C21H22ClN3O4S. The Kier molecular flexibility index (Phi) is 5.67. The molecule has 2 aromatic rings. The first kappa shape index (κ1) is 21.0. The molecule has 30 heavy (non-hydrogen) atoms. The van der Waals surface area contributed by atoms with Gasteiger partial charge in [0, 0.05) is 31.2 Å². The lowest BCUT2D eigenvalue weighted by molar-refractivity contribution is -0.123. The number of aryl methyl sites for hydroxylation is 1. The fourth-order valence-corrected chi connectivity index (χ4v) is 5.62. The second-order valence-electron chi connectivity index (χ2n) is 7.52. The van der Waals surface area contributed by atoms with Gasteiger partial charge < -0.3 is 0 Å². The lowest BCUT2D eigenvalue weighted by atomic mass is 10.2. The minimum Gasteiger partial charge on any atom is -0.289 e. The first-order chi connectivity index (χ1) is 14.3. The molecule has 9 heteroatoms. The Balaban J connectivity index is 1.45. The summed E-state index contributed by atoms with van der Waals surface area (Å²) in [6.45, 7) is 3.20. The molecule has 0 bridgehead atoms. The van der Waals surface area contributed by atoms with Crippen LogP contribution in [0.5, 0.6) is 0 Å². The number of hydrogen-bond acceptors (Lipinski definition) is 5. The quantitative estimate of drug-likeness (QED) is 0.672. The van der Waals surface area contributed by atoms with Gasteiger partial charge in [-0.25, -0.2) is 13.3 Å². The summed E-state index contributed by atoms with van der Waals surface area (Å²) < 4.78 is 27.1. The molecular weight excluding hydrogens is 426 g/mol. The van der Waals surface area contributed by atoms with Crippen molar-refractivity contribution in [3.05, 3.63) is 59.1 Å². The highest BCUT2D eigenvalue weighted by atomic mass is 35.5. The number of benzene rings is 2. The highest BCUT2D eigenvalue weighted by Crippen LogP contribution is 2.28. The summed E-state index contributed by atoms with van der Waals surface area (Å²) in [5.41, 5.74) is 1.62. The van der Waals surface area contributed by atoms with Gasteiger partial charge in [0.05, 0.1) is 23.0 Å². The zero-order valence-electron chi connectivity index (χ0n) is 16.5. The largest absolute Gasteiger partial charge is 0.289 e. The summed E-state index contributed by atoms with van der Waals surface area (Å²) >= 11 is 5.94. The molecule has 2 aliphatic rings. The number of piperazine rings is 1. The van der Waals surface area contributed by atoms with Crippen molar-refractivity contribution in [3.63, 3.8) is 0 Å². The Bertz CT molecular complexity index is 1080. The number of carbonyl (C=O) groups excluding carboxylic acids is 2. The number of imide groups is 1. The maximum atomic E-state index is 13.0. The predicted octanol–water partition coefficient (Wildman–Crippen LogP) is 2.29. The fourth-order valence-electron chi connectivity index (χ4n) is 3.90. The van der Waals surface area contributed by atoms with E-state index in [2.05, 4.69) is 0 Å². The smallest absolute Gasteiger partial charge is 0.251 e. The van der Waals surface area contributed by atoms with E-state index in [0.717, 1.165) is 5.56 Å². The van der Waals surface area contributed by atoms with E-state index in [1.807, 2.05) is 24.0 Å². The highest BCUT2D eigenvalue weighted by molar-refractivity contribution is 7.89. The molecule has 0 radical (unpaired) electrons. The standard InChI is InChI=1S/C21H22ClN3O4S/c1-15-5-7-17(8-6-15)25-20(26)14-19(21(25)27)23-9-11-24(12-10-23)30(28,29)18-4-2-3-16(22)13-18/h2-8,13,19H,9-12,14H2,1H3/t19-/m0/s1. The summed E-state index contributed by atoms with van der Waals surface area (Å²) in [4.78, 5) is 28.8. The Labute approximate surface area is 180 Å². The van der Waals surface area contributed by atoms with Crippen LogP contribution in [0.4, 0.5) is 5.69 Å². The predicted molar refractivity (Wildman–Crippen MR) is 114 cm³/mol. The maximum absolute atomic E-state index is 13.0. The Morgan fingerprint density at radius 1 is 0.967 bits per heavy atom. The molecule has 0 aliphatic carbocycles. The Hall–Kier alpha value is -2.26. The fraction of sp³-hybridized carbons (Fsp3) is 0.333. The van der Waals surface area contributed by atoms with Crippen LogP contribution in [0, 0.1) is 6.92 Å². The van der Waals surface area contributed by atoms with Crippen molar-refractivity contribution in [1.82, 2.24) is 9.21 Å². The van der Waals surface area contributed by atoms with Gasteiger partial charge in [-0.3, -0.25) is 14.5 Å². The van der Waals surface area contributed by atoms with Gasteiger partial charge in [-0.1, -0.05) is 35.4 Å². The zero-order chi connectivity index (χ0) is 21.5. The topological polar surface area (TPSA) is 78.0 Å². The van der Waals surface area contributed by atoms with Crippen LogP contribution >= 0.6 is 11.6 Å². The summed E-state index contributed by atoms with van der Waals surface area (Å²) in [6.07, 6.45) is 0.105. The van der Waals surface area contributed by atoms with E-state index in [0.29, 0.717) is 23.8 Å². The number of nitrogens with zero attached hydrogens (tertiary/aromatic N) is 3. The van der Waals surface area contributed by atoms with E-state index < -0.39 is 16.1 Å². The highest BCUT2D eigenvalue weighted by Gasteiger charge is 2.44. The van der Waals surface area contributed by atoms with Crippen molar-refractivity contribution in [3.8, 4) is 0 Å². The number of halogens is 1. The van der Waals surface area contributed by atoms with E-state index >= 15 is 0 Å². The summed E-state index contributed by atoms with van der Waals surface area (Å²) in [5, 5.41) is 0.362. The van der Waals surface area contributed by atoms with Crippen LogP contribution < -0.4 is 4.90 Å². The van der Waals surface area contributed by atoms with E-state index in [4.69, 9.17) is 11.6 Å². The SMILES string of the molecule is Cc1ccc(N2C(=O)C[C@H](N3CCN(S(=O)(=O)c4cccc(Cl)c4)CC3)C2=O)cc1. The molecule has 0 aromatic heterocycles. The Morgan fingerprint density at radius 3 is 2.27 bits per heavy atom. The number of amides is 2. The average Bonchev–Trinajstić information content (AvgIpc) is 3.03. The lowest BCUT2D eigenvalue weighted by Gasteiger charge is -2.36. The van der Waals surface area contributed by atoms with Crippen molar-refractivity contribution in [2.75, 3.05) is 31.1 Å². The number of sulfonamides is 1. The van der Waals surface area contributed by atoms with Crippen LogP contribution in [-0.4, -0.2) is 61.7 Å². The number of rotatable bonds is 4. The monoisotopic (exact) mass is 447 g/mol. The van der Waals surface area contributed by atoms with Crippen molar-refractivity contribution < 1.29 is 18.0 Å². The van der Waals surface area contributed by atoms with Gasteiger partial charge in [0.2, 0.25) is 15.9 Å². The van der Waals surface area contributed by atoms with Crippen molar-refractivity contribution in [1.29, 1.82) is 0 Å². The molecule has 0 N–H and O–H groups in total. The van der Waals surface area contributed by atoms with Gasteiger partial charge in [0.15, 0.2) is 0 Å². The molecule has 0 unspecified atom stereocenters.